The van der Waals surface area contributed by atoms with Gasteiger partial charge in [-0.15, -0.1) is 0 Å². The number of hydrogen-bond acceptors (Lipinski definition) is 5. The predicted octanol–water partition coefficient (Wildman–Crippen LogP) is 1.61. The summed E-state index contributed by atoms with van der Waals surface area (Å²) in [7, 11) is -1.90. The second-order valence-electron chi connectivity index (χ2n) is 5.44. The minimum atomic E-state index is -3.34. The second-order valence-corrected chi connectivity index (χ2v) is 7.45. The van der Waals surface area contributed by atoms with Gasteiger partial charge < -0.3 is 4.74 Å². The van der Waals surface area contributed by atoms with Crippen LogP contribution in [0.25, 0.3) is 0 Å². The monoisotopic (exact) mass is 325 g/mol. The lowest BCUT2D eigenvalue weighted by molar-refractivity contribution is -0.150. The quantitative estimate of drug-likeness (QED) is 0.586. The van der Waals surface area contributed by atoms with E-state index >= 15 is 0 Å². The van der Waals surface area contributed by atoms with Crippen molar-refractivity contribution in [2.45, 2.75) is 19.3 Å². The number of nitrogens with zero attached hydrogens (tertiary/aromatic N) is 1. The van der Waals surface area contributed by atoms with Crippen molar-refractivity contribution < 1.29 is 22.7 Å². The van der Waals surface area contributed by atoms with Crippen LogP contribution in [-0.2, 0) is 19.6 Å². The van der Waals surface area contributed by atoms with Crippen LogP contribution >= 0.6 is 0 Å². The molecular formula is C15H19NO5S. The van der Waals surface area contributed by atoms with Crippen LogP contribution in [0.1, 0.15) is 29.6 Å². The Morgan fingerprint density at radius 2 is 1.82 bits per heavy atom. The lowest BCUT2D eigenvalue weighted by Crippen LogP contribution is -2.26. The fraction of sp³-hybridized carbons (Fsp3) is 0.467. The van der Waals surface area contributed by atoms with Crippen molar-refractivity contribution in [2.24, 2.45) is 5.92 Å². The predicted molar refractivity (Wildman–Crippen MR) is 82.3 cm³/mol. The smallest absolute Gasteiger partial charge is 0.309 e. The molecule has 0 amide bonds. The summed E-state index contributed by atoms with van der Waals surface area (Å²) in [6, 6.07) is 6.14. The minimum absolute atomic E-state index is 0.0569. The first-order valence-electron chi connectivity index (χ1n) is 7.03. The normalized spacial score (nSPS) is 15.0. The first-order chi connectivity index (χ1) is 10.3. The zero-order valence-corrected chi connectivity index (χ0v) is 13.4. The zero-order chi connectivity index (χ0) is 16.3. The Hall–Kier alpha value is -1.89. The van der Waals surface area contributed by atoms with Gasteiger partial charge in [-0.1, -0.05) is 6.42 Å². The number of Topliss-reactive ketones (excluding diaryl/α,β-unsaturated/α-hetero) is 1. The van der Waals surface area contributed by atoms with E-state index in [1.54, 1.807) is 12.1 Å². The summed E-state index contributed by atoms with van der Waals surface area (Å²) in [6.07, 6.45) is 3.80. The third kappa shape index (κ3) is 3.85. The highest BCUT2D eigenvalue weighted by atomic mass is 32.2. The van der Waals surface area contributed by atoms with Crippen molar-refractivity contribution >= 4 is 27.5 Å². The summed E-state index contributed by atoms with van der Waals surface area (Å²) >= 11 is 0. The second kappa shape index (κ2) is 6.48. The fourth-order valence-corrected chi connectivity index (χ4v) is 2.54. The Morgan fingerprint density at radius 3 is 2.27 bits per heavy atom. The van der Waals surface area contributed by atoms with Crippen LogP contribution in [0.4, 0.5) is 5.69 Å². The van der Waals surface area contributed by atoms with E-state index in [4.69, 9.17) is 4.74 Å². The lowest BCUT2D eigenvalue weighted by atomic mass is 9.86. The number of ketones is 1. The summed E-state index contributed by atoms with van der Waals surface area (Å²) in [5.74, 6) is -0.673. The van der Waals surface area contributed by atoms with Crippen LogP contribution in [0.5, 0.6) is 0 Å². The SMILES string of the molecule is CN(c1ccc(C(=O)COC(=O)C2CCC2)cc1)S(C)(=O)=O. The van der Waals surface area contributed by atoms with Gasteiger partial charge in [-0.3, -0.25) is 13.9 Å². The lowest BCUT2D eigenvalue weighted by Gasteiger charge is -2.22. The van der Waals surface area contributed by atoms with Crippen molar-refractivity contribution in [3.8, 4) is 0 Å². The molecule has 22 heavy (non-hydrogen) atoms. The summed E-state index contributed by atoms with van der Waals surface area (Å²) in [4.78, 5) is 23.5. The Labute approximate surface area is 130 Å². The van der Waals surface area contributed by atoms with E-state index < -0.39 is 10.0 Å². The molecule has 1 aliphatic rings. The van der Waals surface area contributed by atoms with Crippen molar-refractivity contribution in [1.29, 1.82) is 0 Å². The topological polar surface area (TPSA) is 80.8 Å². The maximum absolute atomic E-state index is 11.9. The van der Waals surface area contributed by atoms with Gasteiger partial charge in [0.2, 0.25) is 10.0 Å². The largest absolute Gasteiger partial charge is 0.457 e. The minimum Gasteiger partial charge on any atom is -0.457 e. The van der Waals surface area contributed by atoms with E-state index in [0.29, 0.717) is 11.3 Å². The summed E-state index contributed by atoms with van der Waals surface area (Å²) in [6.45, 7) is -0.281. The molecule has 0 radical (unpaired) electrons. The van der Waals surface area contributed by atoms with Crippen LogP contribution in [0.15, 0.2) is 24.3 Å². The molecule has 0 unspecified atom stereocenters. The summed E-state index contributed by atoms with van der Waals surface area (Å²) in [5.41, 5.74) is 0.845. The average Bonchev–Trinajstić information content (AvgIpc) is 2.41. The molecule has 0 aliphatic heterocycles. The van der Waals surface area contributed by atoms with Gasteiger partial charge in [0, 0.05) is 12.6 Å². The molecule has 0 spiro atoms. The molecule has 1 aromatic rings. The number of carbonyl (C=O) groups is 2. The van der Waals surface area contributed by atoms with Crippen molar-refractivity contribution in [2.75, 3.05) is 24.2 Å². The van der Waals surface area contributed by atoms with Gasteiger partial charge >= 0.3 is 5.97 Å². The molecule has 1 saturated carbocycles. The number of sulfonamides is 1. The molecule has 0 N–H and O–H groups in total. The van der Waals surface area contributed by atoms with Gasteiger partial charge in [-0.2, -0.15) is 0 Å². The van der Waals surface area contributed by atoms with E-state index in [9.17, 15) is 18.0 Å². The molecule has 0 saturated heterocycles. The van der Waals surface area contributed by atoms with Gasteiger partial charge in [0.15, 0.2) is 12.4 Å². The highest BCUT2D eigenvalue weighted by Gasteiger charge is 2.27. The standard InChI is InChI=1S/C15H19NO5S/c1-16(22(2,19)20)13-8-6-11(7-9-13)14(17)10-21-15(18)12-4-3-5-12/h6-9,12H,3-5,10H2,1-2H3. The van der Waals surface area contributed by atoms with Crippen LogP contribution in [0.2, 0.25) is 0 Å². The van der Waals surface area contributed by atoms with Crippen LogP contribution in [0.3, 0.4) is 0 Å². The maximum atomic E-state index is 11.9. The van der Waals surface area contributed by atoms with Crippen LogP contribution < -0.4 is 4.31 Å². The third-order valence-corrected chi connectivity index (χ3v) is 5.04. The molecule has 1 aliphatic carbocycles. The van der Waals surface area contributed by atoms with Gasteiger partial charge in [-0.25, -0.2) is 8.42 Å². The van der Waals surface area contributed by atoms with Crippen molar-refractivity contribution in [3.63, 3.8) is 0 Å². The Kier molecular flexibility index (Phi) is 4.85. The van der Waals surface area contributed by atoms with Crippen molar-refractivity contribution in [1.82, 2.24) is 0 Å². The number of benzene rings is 1. The molecule has 0 bridgehead atoms. The zero-order valence-electron chi connectivity index (χ0n) is 12.6. The Bertz CT molecular complexity index is 662. The van der Waals surface area contributed by atoms with E-state index in [-0.39, 0.29) is 24.3 Å². The summed E-state index contributed by atoms with van der Waals surface area (Å²) in [5, 5.41) is 0. The van der Waals surface area contributed by atoms with Crippen molar-refractivity contribution in [3.05, 3.63) is 29.8 Å². The van der Waals surface area contributed by atoms with Crippen LogP contribution in [0, 0.1) is 5.92 Å². The van der Waals surface area contributed by atoms with Gasteiger partial charge in [0.25, 0.3) is 0 Å². The molecule has 1 fully saturated rings. The molecule has 0 atom stereocenters. The van der Waals surface area contributed by atoms with Crippen LogP contribution in [-0.4, -0.2) is 40.1 Å². The van der Waals surface area contributed by atoms with E-state index in [2.05, 4.69) is 0 Å². The van der Waals surface area contributed by atoms with E-state index in [0.717, 1.165) is 29.8 Å². The highest BCUT2D eigenvalue weighted by molar-refractivity contribution is 7.92. The molecule has 0 heterocycles. The number of ether oxygens (including phenoxy) is 1. The highest BCUT2D eigenvalue weighted by Crippen LogP contribution is 2.27. The molecule has 1 aromatic carbocycles. The molecule has 2 rings (SSSR count). The Morgan fingerprint density at radius 1 is 1.23 bits per heavy atom. The van der Waals surface area contributed by atoms with Gasteiger partial charge in [0.05, 0.1) is 17.9 Å². The van der Waals surface area contributed by atoms with E-state index in [1.807, 2.05) is 0 Å². The number of rotatable bonds is 6. The molecule has 7 heteroatoms. The first kappa shape index (κ1) is 16.5. The maximum Gasteiger partial charge on any atom is 0.309 e. The first-order valence-corrected chi connectivity index (χ1v) is 8.87. The third-order valence-electron chi connectivity index (χ3n) is 3.83. The molecule has 0 aromatic heterocycles. The number of carbonyl (C=O) groups excluding carboxylic acids is 2. The molecule has 6 nitrogen and oxygen atoms in total. The number of esters is 1. The van der Waals surface area contributed by atoms with Gasteiger partial charge in [-0.05, 0) is 37.1 Å². The average molecular weight is 325 g/mol. The number of anilines is 1. The number of hydrogen-bond donors (Lipinski definition) is 0. The fourth-order valence-electron chi connectivity index (χ4n) is 2.03. The molecular weight excluding hydrogens is 306 g/mol. The van der Waals surface area contributed by atoms with Gasteiger partial charge in [0.1, 0.15) is 0 Å². The van der Waals surface area contributed by atoms with E-state index in [1.165, 1.54) is 19.2 Å². The Balaban J connectivity index is 1.94. The summed E-state index contributed by atoms with van der Waals surface area (Å²) < 4.78 is 29.0. The molecule has 120 valence electrons.